The number of nitrogens with zero attached hydrogens (tertiary/aromatic N) is 3. The molecule has 15 heavy (non-hydrogen) atoms. The van der Waals surface area contributed by atoms with E-state index in [1.54, 1.807) is 0 Å². The van der Waals surface area contributed by atoms with E-state index in [9.17, 15) is 0 Å². The van der Waals surface area contributed by atoms with Gasteiger partial charge < -0.3 is 4.90 Å². The van der Waals surface area contributed by atoms with Gasteiger partial charge in [-0.05, 0) is 26.7 Å². The Hall–Kier alpha value is -0.830. The van der Waals surface area contributed by atoms with Gasteiger partial charge in [-0.25, -0.2) is 4.98 Å². The van der Waals surface area contributed by atoms with Crippen molar-refractivity contribution in [2.45, 2.75) is 32.1 Å². The van der Waals surface area contributed by atoms with E-state index in [0.29, 0.717) is 5.38 Å². The van der Waals surface area contributed by atoms with Gasteiger partial charge in [-0.1, -0.05) is 0 Å². The van der Waals surface area contributed by atoms with E-state index in [2.05, 4.69) is 14.9 Å². The highest BCUT2D eigenvalue weighted by Gasteiger charge is 2.19. The standard InChI is InChI=1S/C11H16ClN3/c1-8-7-13-9(2)11(14-8)15-5-3-10(12)4-6-15/h7,10H,3-6H2,1-2H3. The molecule has 1 saturated heterocycles. The van der Waals surface area contributed by atoms with Crippen molar-refractivity contribution in [2.75, 3.05) is 18.0 Å². The van der Waals surface area contributed by atoms with E-state index in [1.165, 1.54) is 0 Å². The van der Waals surface area contributed by atoms with Crippen LogP contribution in [0.4, 0.5) is 5.82 Å². The van der Waals surface area contributed by atoms with Crippen LogP contribution in [-0.2, 0) is 0 Å². The molecule has 0 bridgehead atoms. The van der Waals surface area contributed by atoms with Crippen LogP contribution in [0.2, 0.25) is 0 Å². The van der Waals surface area contributed by atoms with Crippen molar-refractivity contribution in [3.8, 4) is 0 Å². The van der Waals surface area contributed by atoms with Gasteiger partial charge in [0, 0.05) is 24.7 Å². The highest BCUT2D eigenvalue weighted by Crippen LogP contribution is 2.22. The smallest absolute Gasteiger partial charge is 0.150 e. The van der Waals surface area contributed by atoms with Crippen LogP contribution in [0.3, 0.4) is 0 Å². The fourth-order valence-corrected chi connectivity index (χ4v) is 2.08. The molecule has 1 aromatic heterocycles. The summed E-state index contributed by atoms with van der Waals surface area (Å²) < 4.78 is 0. The number of hydrogen-bond acceptors (Lipinski definition) is 3. The number of anilines is 1. The number of aromatic nitrogens is 2. The molecule has 0 unspecified atom stereocenters. The predicted molar refractivity (Wildman–Crippen MR) is 62.6 cm³/mol. The molecule has 0 saturated carbocycles. The largest absolute Gasteiger partial charge is 0.355 e. The van der Waals surface area contributed by atoms with Gasteiger partial charge in [0.05, 0.1) is 11.4 Å². The van der Waals surface area contributed by atoms with Crippen molar-refractivity contribution >= 4 is 17.4 Å². The summed E-state index contributed by atoms with van der Waals surface area (Å²) in [5.74, 6) is 1.03. The number of alkyl halides is 1. The van der Waals surface area contributed by atoms with Crippen LogP contribution >= 0.6 is 11.6 Å². The maximum absolute atomic E-state index is 6.08. The summed E-state index contributed by atoms with van der Waals surface area (Å²) in [5.41, 5.74) is 1.98. The van der Waals surface area contributed by atoms with E-state index in [4.69, 9.17) is 11.6 Å². The molecule has 0 aromatic carbocycles. The zero-order valence-corrected chi connectivity index (χ0v) is 9.96. The van der Waals surface area contributed by atoms with Crippen LogP contribution in [0.15, 0.2) is 6.20 Å². The molecule has 0 spiro atoms. The van der Waals surface area contributed by atoms with Gasteiger partial charge in [-0.3, -0.25) is 4.98 Å². The first-order chi connectivity index (χ1) is 7.16. The van der Waals surface area contributed by atoms with E-state index < -0.39 is 0 Å². The van der Waals surface area contributed by atoms with Crippen LogP contribution in [0.25, 0.3) is 0 Å². The van der Waals surface area contributed by atoms with Gasteiger partial charge >= 0.3 is 0 Å². The Balaban J connectivity index is 2.18. The molecule has 0 radical (unpaired) electrons. The highest BCUT2D eigenvalue weighted by molar-refractivity contribution is 6.20. The Kier molecular flexibility index (Phi) is 3.10. The molecule has 0 aliphatic carbocycles. The fourth-order valence-electron chi connectivity index (χ4n) is 1.88. The van der Waals surface area contributed by atoms with Gasteiger partial charge in [-0.15, -0.1) is 11.6 Å². The van der Waals surface area contributed by atoms with Crippen LogP contribution in [-0.4, -0.2) is 28.4 Å². The molecule has 82 valence electrons. The molecule has 3 nitrogen and oxygen atoms in total. The van der Waals surface area contributed by atoms with Gasteiger partial charge in [0.1, 0.15) is 5.82 Å². The lowest BCUT2D eigenvalue weighted by Crippen LogP contribution is -2.35. The molecule has 2 rings (SSSR count). The summed E-state index contributed by atoms with van der Waals surface area (Å²) in [6, 6.07) is 0. The third kappa shape index (κ3) is 2.40. The Morgan fingerprint density at radius 2 is 2.00 bits per heavy atom. The zero-order valence-electron chi connectivity index (χ0n) is 9.20. The number of rotatable bonds is 1. The van der Waals surface area contributed by atoms with E-state index >= 15 is 0 Å². The lowest BCUT2D eigenvalue weighted by molar-refractivity contribution is 0.578. The van der Waals surface area contributed by atoms with Crippen LogP contribution in [0.1, 0.15) is 24.2 Å². The van der Waals surface area contributed by atoms with Crippen LogP contribution in [0.5, 0.6) is 0 Å². The molecule has 1 aromatic rings. The lowest BCUT2D eigenvalue weighted by Gasteiger charge is -2.31. The quantitative estimate of drug-likeness (QED) is 0.687. The molecule has 1 aliphatic heterocycles. The second-order valence-electron chi connectivity index (χ2n) is 4.08. The second-order valence-corrected chi connectivity index (χ2v) is 4.70. The molecule has 0 atom stereocenters. The average Bonchev–Trinajstić information content (AvgIpc) is 2.23. The molecule has 1 aliphatic rings. The summed E-state index contributed by atoms with van der Waals surface area (Å²) in [5, 5.41) is 0.333. The van der Waals surface area contributed by atoms with Crippen molar-refractivity contribution in [1.29, 1.82) is 0 Å². The minimum absolute atomic E-state index is 0.333. The van der Waals surface area contributed by atoms with Gasteiger partial charge in [0.15, 0.2) is 0 Å². The maximum Gasteiger partial charge on any atom is 0.150 e. The molecule has 0 amide bonds. The first-order valence-corrected chi connectivity index (χ1v) is 5.79. The van der Waals surface area contributed by atoms with Gasteiger partial charge in [-0.2, -0.15) is 0 Å². The van der Waals surface area contributed by atoms with Crippen molar-refractivity contribution in [2.24, 2.45) is 0 Å². The summed E-state index contributed by atoms with van der Waals surface area (Å²) in [6.07, 6.45) is 3.89. The normalized spacial score (nSPS) is 18.2. The molecule has 2 heterocycles. The minimum Gasteiger partial charge on any atom is -0.355 e. The van der Waals surface area contributed by atoms with E-state index in [-0.39, 0.29) is 0 Å². The molecular weight excluding hydrogens is 210 g/mol. The first-order valence-electron chi connectivity index (χ1n) is 5.36. The third-order valence-corrected chi connectivity index (χ3v) is 3.21. The monoisotopic (exact) mass is 225 g/mol. The highest BCUT2D eigenvalue weighted by atomic mass is 35.5. The summed E-state index contributed by atoms with van der Waals surface area (Å²) in [6.45, 7) is 5.97. The predicted octanol–water partition coefficient (Wildman–Crippen LogP) is 2.30. The third-order valence-electron chi connectivity index (χ3n) is 2.77. The second kappa shape index (κ2) is 4.35. The number of piperidine rings is 1. The molecule has 4 heteroatoms. The lowest BCUT2D eigenvalue weighted by atomic mass is 10.1. The summed E-state index contributed by atoms with van der Waals surface area (Å²) >= 11 is 6.08. The fraction of sp³-hybridized carbons (Fsp3) is 0.636. The minimum atomic E-state index is 0.333. The van der Waals surface area contributed by atoms with Gasteiger partial charge in [0.2, 0.25) is 0 Å². The van der Waals surface area contributed by atoms with E-state index in [1.807, 2.05) is 20.0 Å². The summed E-state index contributed by atoms with van der Waals surface area (Å²) in [4.78, 5) is 11.2. The molecule has 0 N–H and O–H groups in total. The SMILES string of the molecule is Cc1cnc(C)c(N2CCC(Cl)CC2)n1. The van der Waals surface area contributed by atoms with Crippen molar-refractivity contribution in [3.05, 3.63) is 17.6 Å². The Morgan fingerprint density at radius 3 is 2.67 bits per heavy atom. The number of halogens is 1. The molecule has 1 fully saturated rings. The van der Waals surface area contributed by atoms with Crippen LogP contribution < -0.4 is 4.90 Å². The van der Waals surface area contributed by atoms with Gasteiger partial charge in [0.25, 0.3) is 0 Å². The Labute approximate surface area is 95.5 Å². The number of aryl methyl sites for hydroxylation is 2. The molecular formula is C11H16ClN3. The average molecular weight is 226 g/mol. The number of hydrogen-bond donors (Lipinski definition) is 0. The Bertz CT molecular complexity index is 346. The van der Waals surface area contributed by atoms with Crippen LogP contribution in [0, 0.1) is 13.8 Å². The van der Waals surface area contributed by atoms with Crippen molar-refractivity contribution in [3.63, 3.8) is 0 Å². The summed E-state index contributed by atoms with van der Waals surface area (Å²) in [7, 11) is 0. The van der Waals surface area contributed by atoms with E-state index in [0.717, 1.165) is 43.1 Å². The topological polar surface area (TPSA) is 29.0 Å². The first kappa shape index (κ1) is 10.7. The Morgan fingerprint density at radius 1 is 1.33 bits per heavy atom. The van der Waals surface area contributed by atoms with Crippen molar-refractivity contribution in [1.82, 2.24) is 9.97 Å². The maximum atomic E-state index is 6.08. The zero-order chi connectivity index (χ0) is 10.8. The van der Waals surface area contributed by atoms with Crippen molar-refractivity contribution < 1.29 is 0 Å².